The molecular formula is C39H55FN2O2S. The maximum atomic E-state index is 14.5. The van der Waals surface area contributed by atoms with Gasteiger partial charge in [-0.1, -0.05) is 78.8 Å². The van der Waals surface area contributed by atoms with Crippen LogP contribution in [0.25, 0.3) is 0 Å². The lowest BCUT2D eigenvalue weighted by Gasteiger charge is -2.33. The van der Waals surface area contributed by atoms with E-state index in [4.69, 9.17) is 0 Å². The van der Waals surface area contributed by atoms with Gasteiger partial charge in [0, 0.05) is 21.7 Å². The van der Waals surface area contributed by atoms with E-state index in [1.807, 2.05) is 44.2 Å². The van der Waals surface area contributed by atoms with Gasteiger partial charge in [0.1, 0.15) is 6.67 Å². The molecule has 3 atom stereocenters. The second-order valence-corrected chi connectivity index (χ2v) is 14.1. The van der Waals surface area contributed by atoms with Gasteiger partial charge in [-0.25, -0.2) is 4.39 Å². The highest BCUT2D eigenvalue weighted by atomic mass is 32.2. The third-order valence-corrected chi connectivity index (χ3v) is 10.1. The summed E-state index contributed by atoms with van der Waals surface area (Å²) in [5.41, 5.74) is 6.34. The van der Waals surface area contributed by atoms with Gasteiger partial charge < -0.3 is 15.7 Å². The molecular weight excluding hydrogens is 580 g/mol. The summed E-state index contributed by atoms with van der Waals surface area (Å²) in [6.07, 6.45) is 4.54. The molecule has 1 amide bonds. The second-order valence-electron chi connectivity index (χ2n) is 12.8. The van der Waals surface area contributed by atoms with E-state index in [-0.39, 0.29) is 24.0 Å². The number of thioether (sulfide) groups is 1. The molecule has 0 aromatic heterocycles. The van der Waals surface area contributed by atoms with E-state index in [1.165, 1.54) is 29.5 Å². The van der Waals surface area contributed by atoms with Gasteiger partial charge in [0.15, 0.2) is 0 Å². The molecule has 246 valence electrons. The molecule has 3 unspecified atom stereocenters. The average molecular weight is 635 g/mol. The molecule has 1 aliphatic rings. The number of aliphatic hydroxyl groups excluding tert-OH is 1. The monoisotopic (exact) mass is 634 g/mol. The predicted molar refractivity (Wildman–Crippen MR) is 190 cm³/mol. The van der Waals surface area contributed by atoms with Crippen molar-refractivity contribution < 1.29 is 14.3 Å². The number of hydrogen-bond donors (Lipinski definition) is 3. The molecule has 3 N–H and O–H groups in total. The van der Waals surface area contributed by atoms with Crippen LogP contribution in [0.4, 0.5) is 10.1 Å². The Kier molecular flexibility index (Phi) is 14.0. The number of carbonyl (C=O) groups is 1. The van der Waals surface area contributed by atoms with Crippen molar-refractivity contribution in [3.63, 3.8) is 0 Å². The number of anilines is 1. The van der Waals surface area contributed by atoms with Crippen LogP contribution in [0.2, 0.25) is 0 Å². The molecule has 0 heterocycles. The first-order valence-corrected chi connectivity index (χ1v) is 17.8. The number of hydrogen-bond acceptors (Lipinski definition) is 4. The van der Waals surface area contributed by atoms with E-state index in [9.17, 15) is 14.3 Å². The van der Waals surface area contributed by atoms with Crippen molar-refractivity contribution in [1.82, 2.24) is 5.32 Å². The summed E-state index contributed by atoms with van der Waals surface area (Å²) < 4.78 is 14.5. The van der Waals surface area contributed by atoms with Gasteiger partial charge in [-0.2, -0.15) is 0 Å². The lowest BCUT2D eigenvalue weighted by Crippen LogP contribution is -2.31. The van der Waals surface area contributed by atoms with Crippen molar-refractivity contribution in [2.45, 2.75) is 111 Å². The van der Waals surface area contributed by atoms with Gasteiger partial charge in [-0.05, 0) is 108 Å². The van der Waals surface area contributed by atoms with Gasteiger partial charge in [-0.15, -0.1) is 11.8 Å². The topological polar surface area (TPSA) is 61.4 Å². The summed E-state index contributed by atoms with van der Waals surface area (Å²) in [4.78, 5) is 14.4. The summed E-state index contributed by atoms with van der Waals surface area (Å²) in [6.45, 7) is 16.5. The van der Waals surface area contributed by atoms with E-state index in [2.05, 4.69) is 70.4 Å². The summed E-state index contributed by atoms with van der Waals surface area (Å²) in [6, 6.07) is 19.3. The molecule has 3 aromatic rings. The first-order chi connectivity index (χ1) is 21.6. The van der Waals surface area contributed by atoms with Crippen LogP contribution >= 0.6 is 11.8 Å². The van der Waals surface area contributed by atoms with Crippen molar-refractivity contribution >= 4 is 23.4 Å². The van der Waals surface area contributed by atoms with Crippen molar-refractivity contribution in [2.75, 3.05) is 17.7 Å². The fourth-order valence-electron chi connectivity index (χ4n) is 5.99. The Balaban J connectivity index is 0.00000271. The molecule has 0 bridgehead atoms. The minimum absolute atomic E-state index is 0.0113. The van der Waals surface area contributed by atoms with Gasteiger partial charge in [0.05, 0.1) is 18.7 Å². The van der Waals surface area contributed by atoms with Crippen LogP contribution in [0.15, 0.2) is 65.6 Å². The molecule has 0 saturated heterocycles. The van der Waals surface area contributed by atoms with E-state index in [0.717, 1.165) is 29.1 Å². The van der Waals surface area contributed by atoms with Crippen molar-refractivity contribution in [3.8, 4) is 0 Å². The van der Waals surface area contributed by atoms with Crippen molar-refractivity contribution in [1.29, 1.82) is 0 Å². The van der Waals surface area contributed by atoms with Crippen LogP contribution in [0.3, 0.4) is 0 Å². The summed E-state index contributed by atoms with van der Waals surface area (Å²) in [7, 11) is 0. The first-order valence-electron chi connectivity index (χ1n) is 16.8. The van der Waals surface area contributed by atoms with Crippen LogP contribution < -0.4 is 10.6 Å². The first kappa shape index (κ1) is 36.6. The summed E-state index contributed by atoms with van der Waals surface area (Å²) in [5.74, 6) is 1.81. The van der Waals surface area contributed by atoms with E-state index >= 15 is 0 Å². The molecule has 1 fully saturated rings. The zero-order chi connectivity index (χ0) is 33.1. The average Bonchev–Trinajstić information content (AvgIpc) is 3.91. The number of rotatable bonds is 15. The predicted octanol–water partition coefficient (Wildman–Crippen LogP) is 10.6. The molecule has 0 radical (unpaired) electrons. The summed E-state index contributed by atoms with van der Waals surface area (Å²) >= 11 is 1.74. The maximum Gasteiger partial charge on any atom is 0.251 e. The minimum Gasteiger partial charge on any atom is -0.394 e. The molecule has 45 heavy (non-hydrogen) atoms. The lowest BCUT2D eigenvalue weighted by molar-refractivity contribution is 0.0916. The van der Waals surface area contributed by atoms with Gasteiger partial charge in [0.2, 0.25) is 0 Å². The highest BCUT2D eigenvalue weighted by Crippen LogP contribution is 2.50. The smallest absolute Gasteiger partial charge is 0.251 e. The number of benzene rings is 3. The van der Waals surface area contributed by atoms with Crippen LogP contribution in [0.1, 0.15) is 130 Å². The maximum absolute atomic E-state index is 14.5. The lowest BCUT2D eigenvalue weighted by atomic mass is 9.78. The SMILES string of the molecule is CC.CCSc1ccc(C(CO)NC(=O)c2ccc(NC(CC(C)(C)C3CC3)c3cc(C(C)CC)ccc3C)c(CF)c2)cc1. The van der Waals surface area contributed by atoms with E-state index in [1.54, 1.807) is 23.9 Å². The number of alkyl halides is 1. The third kappa shape index (κ3) is 9.83. The summed E-state index contributed by atoms with van der Waals surface area (Å²) in [5, 5.41) is 16.7. The molecule has 4 rings (SSSR count). The van der Waals surface area contributed by atoms with Crippen LogP contribution in [0, 0.1) is 18.3 Å². The number of aliphatic hydroxyl groups is 1. The van der Waals surface area contributed by atoms with Crippen molar-refractivity contribution in [2.24, 2.45) is 11.3 Å². The quantitative estimate of drug-likeness (QED) is 0.146. The second kappa shape index (κ2) is 17.2. The zero-order valence-electron chi connectivity index (χ0n) is 28.7. The number of halogens is 1. The molecule has 1 aliphatic carbocycles. The molecule has 4 nitrogen and oxygen atoms in total. The Morgan fingerprint density at radius 2 is 1.67 bits per heavy atom. The fraction of sp³-hybridized carbons (Fsp3) is 0.513. The Bertz CT molecular complexity index is 1370. The number of amides is 1. The number of carbonyl (C=O) groups excluding carboxylic acids is 1. The van der Waals surface area contributed by atoms with Crippen LogP contribution in [-0.4, -0.2) is 23.4 Å². The van der Waals surface area contributed by atoms with Gasteiger partial charge >= 0.3 is 0 Å². The molecule has 3 aromatic carbocycles. The zero-order valence-corrected chi connectivity index (χ0v) is 29.5. The van der Waals surface area contributed by atoms with Crippen molar-refractivity contribution in [3.05, 3.63) is 94.0 Å². The van der Waals surface area contributed by atoms with E-state index < -0.39 is 12.7 Å². The largest absolute Gasteiger partial charge is 0.394 e. The fourth-order valence-corrected chi connectivity index (χ4v) is 6.65. The number of aryl methyl sites for hydroxylation is 1. The van der Waals surface area contributed by atoms with Gasteiger partial charge in [-0.3, -0.25) is 4.79 Å². The highest BCUT2D eigenvalue weighted by molar-refractivity contribution is 7.99. The standard InChI is InChI=1S/C37H49FN2O2S.C2H6/c1-7-24(3)27-10-9-25(4)32(20-27)34(21-37(5,6)30-14-15-30)39-33-18-13-28(19-29(33)22-38)36(42)40-35(23-41)26-11-16-31(17-12-26)43-8-2;1-2/h9-13,16-20,24,30,34-35,39,41H,7-8,14-15,21-23H2,1-6H3,(H,40,42);1-2H3. The molecule has 0 aliphatic heterocycles. The van der Waals surface area contributed by atoms with Crippen LogP contribution in [0.5, 0.6) is 0 Å². The Labute approximate surface area is 276 Å². The molecule has 1 saturated carbocycles. The number of nitrogens with one attached hydrogen (secondary N) is 2. The minimum atomic E-state index is -0.686. The highest BCUT2D eigenvalue weighted by Gasteiger charge is 2.39. The Hall–Kier alpha value is -2.83. The molecule has 6 heteroatoms. The van der Waals surface area contributed by atoms with Crippen LogP contribution in [-0.2, 0) is 6.67 Å². The van der Waals surface area contributed by atoms with Gasteiger partial charge in [0.25, 0.3) is 5.91 Å². The normalized spacial score (nSPS) is 15.0. The van der Waals surface area contributed by atoms with E-state index in [0.29, 0.717) is 28.7 Å². The Morgan fingerprint density at radius 3 is 2.24 bits per heavy atom. The molecule has 0 spiro atoms. The Morgan fingerprint density at radius 1 is 1.00 bits per heavy atom. The third-order valence-electron chi connectivity index (χ3n) is 9.20.